The van der Waals surface area contributed by atoms with Crippen LogP contribution in [-0.2, 0) is 22.6 Å². The van der Waals surface area contributed by atoms with Crippen molar-refractivity contribution in [1.29, 1.82) is 0 Å². The highest BCUT2D eigenvalue weighted by Crippen LogP contribution is 2.37. The summed E-state index contributed by atoms with van der Waals surface area (Å²) < 4.78 is 0. The molecule has 34 heavy (non-hydrogen) atoms. The molecule has 1 unspecified atom stereocenters. The maximum absolute atomic E-state index is 13.0. The predicted molar refractivity (Wildman–Crippen MR) is 131 cm³/mol. The summed E-state index contributed by atoms with van der Waals surface area (Å²) >= 11 is 0. The Morgan fingerprint density at radius 1 is 1.06 bits per heavy atom. The van der Waals surface area contributed by atoms with Crippen LogP contribution < -0.4 is 10.6 Å². The number of rotatable bonds is 5. The first-order valence-electron chi connectivity index (χ1n) is 13.3. The Bertz CT molecular complexity index is 972. The number of nitrogens with zero attached hydrogens (tertiary/aromatic N) is 1. The van der Waals surface area contributed by atoms with Crippen molar-refractivity contribution in [3.63, 3.8) is 0 Å². The molecule has 0 bridgehead atoms. The van der Waals surface area contributed by atoms with Crippen LogP contribution in [0, 0.1) is 11.3 Å². The molecule has 1 aromatic rings. The van der Waals surface area contributed by atoms with Gasteiger partial charge in [0.25, 0.3) is 5.91 Å². The van der Waals surface area contributed by atoms with Gasteiger partial charge in [-0.2, -0.15) is 0 Å². The van der Waals surface area contributed by atoms with Gasteiger partial charge in [0.15, 0.2) is 0 Å². The van der Waals surface area contributed by atoms with Crippen LogP contribution in [-0.4, -0.2) is 40.7 Å². The second-order valence-electron chi connectivity index (χ2n) is 11.9. The third-order valence-corrected chi connectivity index (χ3v) is 8.65. The van der Waals surface area contributed by atoms with E-state index in [9.17, 15) is 14.4 Å². The molecular formula is C28H39N3O3. The monoisotopic (exact) mass is 465 g/mol. The van der Waals surface area contributed by atoms with E-state index >= 15 is 0 Å². The van der Waals surface area contributed by atoms with Crippen molar-refractivity contribution >= 4 is 17.7 Å². The first-order chi connectivity index (χ1) is 16.3. The van der Waals surface area contributed by atoms with Gasteiger partial charge < -0.3 is 10.2 Å². The van der Waals surface area contributed by atoms with Gasteiger partial charge in [-0.3, -0.25) is 19.7 Å². The second-order valence-corrected chi connectivity index (χ2v) is 11.9. The van der Waals surface area contributed by atoms with E-state index in [0.29, 0.717) is 41.9 Å². The van der Waals surface area contributed by atoms with Crippen LogP contribution in [0.25, 0.3) is 0 Å². The summed E-state index contributed by atoms with van der Waals surface area (Å²) in [5.74, 6) is -0.0619. The van der Waals surface area contributed by atoms with E-state index in [-0.39, 0.29) is 24.1 Å². The summed E-state index contributed by atoms with van der Waals surface area (Å²) in [7, 11) is 0. The van der Waals surface area contributed by atoms with Crippen molar-refractivity contribution in [3.8, 4) is 0 Å². The molecule has 2 aliphatic carbocycles. The topological polar surface area (TPSA) is 78.5 Å². The Morgan fingerprint density at radius 2 is 1.88 bits per heavy atom. The Kier molecular flexibility index (Phi) is 6.54. The Balaban J connectivity index is 1.25. The molecule has 2 saturated carbocycles. The molecule has 184 valence electrons. The number of piperidine rings is 1. The lowest BCUT2D eigenvalue weighted by molar-refractivity contribution is -0.136. The number of hydrogen-bond acceptors (Lipinski definition) is 4. The van der Waals surface area contributed by atoms with Gasteiger partial charge in [-0.25, -0.2) is 0 Å². The van der Waals surface area contributed by atoms with E-state index in [0.717, 1.165) is 12.0 Å². The van der Waals surface area contributed by atoms with Gasteiger partial charge in [-0.1, -0.05) is 45.2 Å². The number of amides is 3. The number of imide groups is 1. The van der Waals surface area contributed by atoms with E-state index in [2.05, 4.69) is 36.6 Å². The fourth-order valence-electron chi connectivity index (χ4n) is 6.87. The molecular weight excluding hydrogens is 426 g/mol. The SMILES string of the molecule is CC1(C)CCC[C@H](N[C@H]2CCCC[C@@H]2Cc2ccc3c(c2)CN(C2CCC(=O)NC2=O)C3=O)C1. The average Bonchev–Trinajstić information content (AvgIpc) is 3.10. The van der Waals surface area contributed by atoms with E-state index in [1.54, 1.807) is 4.90 Å². The maximum atomic E-state index is 13.0. The molecule has 2 N–H and O–H groups in total. The zero-order chi connectivity index (χ0) is 23.9. The van der Waals surface area contributed by atoms with Crippen LogP contribution in [0.3, 0.4) is 0 Å². The van der Waals surface area contributed by atoms with Crippen LogP contribution >= 0.6 is 0 Å². The molecule has 0 radical (unpaired) electrons. The van der Waals surface area contributed by atoms with E-state index in [1.807, 2.05) is 6.07 Å². The third-order valence-electron chi connectivity index (χ3n) is 8.65. The number of hydrogen-bond donors (Lipinski definition) is 2. The van der Waals surface area contributed by atoms with Crippen LogP contribution in [0.1, 0.15) is 99.5 Å². The molecule has 5 rings (SSSR count). The van der Waals surface area contributed by atoms with Gasteiger partial charge in [0.05, 0.1) is 0 Å². The largest absolute Gasteiger partial charge is 0.322 e. The molecule has 2 aliphatic heterocycles. The van der Waals surface area contributed by atoms with Crippen molar-refractivity contribution in [1.82, 2.24) is 15.5 Å². The molecule has 0 spiro atoms. The molecule has 4 aliphatic rings. The van der Waals surface area contributed by atoms with Crippen LogP contribution in [0.15, 0.2) is 18.2 Å². The van der Waals surface area contributed by atoms with Gasteiger partial charge >= 0.3 is 0 Å². The van der Waals surface area contributed by atoms with Gasteiger partial charge in [0.1, 0.15) is 6.04 Å². The first-order valence-corrected chi connectivity index (χ1v) is 13.3. The maximum Gasteiger partial charge on any atom is 0.255 e. The lowest BCUT2D eigenvalue weighted by Crippen LogP contribution is -2.52. The van der Waals surface area contributed by atoms with Gasteiger partial charge in [-0.05, 0) is 73.5 Å². The third kappa shape index (κ3) is 4.93. The van der Waals surface area contributed by atoms with E-state index in [1.165, 1.54) is 56.9 Å². The Hall–Kier alpha value is -2.21. The van der Waals surface area contributed by atoms with Crippen molar-refractivity contribution < 1.29 is 14.4 Å². The number of carbonyl (C=O) groups excluding carboxylic acids is 3. The fourth-order valence-corrected chi connectivity index (χ4v) is 6.87. The van der Waals surface area contributed by atoms with Gasteiger partial charge in [-0.15, -0.1) is 0 Å². The van der Waals surface area contributed by atoms with Crippen LogP contribution in [0.2, 0.25) is 0 Å². The quantitative estimate of drug-likeness (QED) is 0.642. The smallest absolute Gasteiger partial charge is 0.255 e. The first kappa shape index (κ1) is 23.5. The van der Waals surface area contributed by atoms with E-state index < -0.39 is 6.04 Å². The molecule has 4 atom stereocenters. The summed E-state index contributed by atoms with van der Waals surface area (Å²) in [5.41, 5.74) is 3.46. The van der Waals surface area contributed by atoms with Crippen molar-refractivity contribution in [2.45, 2.75) is 109 Å². The molecule has 1 saturated heterocycles. The molecule has 3 fully saturated rings. The number of carbonyl (C=O) groups is 3. The normalized spacial score (nSPS) is 31.4. The second kappa shape index (κ2) is 9.44. The summed E-state index contributed by atoms with van der Waals surface area (Å²) in [4.78, 5) is 38.5. The Morgan fingerprint density at radius 3 is 2.68 bits per heavy atom. The Labute approximate surface area is 203 Å². The highest BCUT2D eigenvalue weighted by molar-refractivity contribution is 6.05. The number of benzene rings is 1. The van der Waals surface area contributed by atoms with Gasteiger partial charge in [0.2, 0.25) is 11.8 Å². The molecule has 3 amide bonds. The minimum absolute atomic E-state index is 0.0897. The highest BCUT2D eigenvalue weighted by Gasteiger charge is 2.39. The zero-order valence-corrected chi connectivity index (χ0v) is 20.7. The minimum atomic E-state index is -0.548. The van der Waals surface area contributed by atoms with Crippen LogP contribution in [0.5, 0.6) is 0 Å². The standard InChI is InChI=1S/C28H39N3O3/c1-28(2)13-5-7-21(16-28)29-23-8-4-3-6-19(23)14-18-9-10-22-20(15-18)17-31(27(22)34)24-11-12-25(32)30-26(24)33/h9-10,15,19,21,23-24,29H,3-8,11-14,16-17H2,1-2H3,(H,30,32,33)/t19-,21+,23+,24?/m1/s1. The van der Waals surface area contributed by atoms with E-state index in [4.69, 9.17) is 0 Å². The summed E-state index contributed by atoms with van der Waals surface area (Å²) in [6, 6.07) is 6.91. The summed E-state index contributed by atoms with van der Waals surface area (Å²) in [6.45, 7) is 5.27. The molecule has 1 aromatic carbocycles. The average molecular weight is 466 g/mol. The lowest BCUT2D eigenvalue weighted by Gasteiger charge is -2.41. The zero-order valence-electron chi connectivity index (χ0n) is 20.7. The highest BCUT2D eigenvalue weighted by atomic mass is 16.2. The van der Waals surface area contributed by atoms with Gasteiger partial charge in [0, 0.05) is 30.6 Å². The molecule has 2 heterocycles. The number of nitrogens with one attached hydrogen (secondary N) is 2. The number of fused-ring (bicyclic) bond motifs is 1. The minimum Gasteiger partial charge on any atom is -0.322 e. The lowest BCUT2D eigenvalue weighted by atomic mass is 9.74. The van der Waals surface area contributed by atoms with Crippen molar-refractivity contribution in [2.75, 3.05) is 0 Å². The predicted octanol–water partition coefficient (Wildman–Crippen LogP) is 4.11. The summed E-state index contributed by atoms with van der Waals surface area (Å²) in [6.07, 6.45) is 12.1. The van der Waals surface area contributed by atoms with Crippen molar-refractivity contribution in [3.05, 3.63) is 34.9 Å². The fraction of sp³-hybridized carbons (Fsp3) is 0.679. The molecule has 6 nitrogen and oxygen atoms in total. The molecule has 6 heteroatoms. The van der Waals surface area contributed by atoms with Crippen molar-refractivity contribution in [2.24, 2.45) is 11.3 Å². The summed E-state index contributed by atoms with van der Waals surface area (Å²) in [5, 5.41) is 6.45. The molecule has 0 aromatic heterocycles. The van der Waals surface area contributed by atoms with Crippen LogP contribution in [0.4, 0.5) is 0 Å².